The molecule has 4 nitrogen and oxygen atoms in total. The number of furan rings is 1. The maximum atomic E-state index is 12.0. The number of hydrogen-bond acceptors (Lipinski definition) is 3. The Hall–Kier alpha value is -1.62. The van der Waals surface area contributed by atoms with Crippen molar-refractivity contribution in [3.63, 3.8) is 0 Å². The van der Waals surface area contributed by atoms with Gasteiger partial charge >= 0.3 is 0 Å². The highest BCUT2D eigenvalue weighted by atomic mass is 79.9. The van der Waals surface area contributed by atoms with E-state index in [4.69, 9.17) is 4.42 Å². The van der Waals surface area contributed by atoms with Gasteiger partial charge in [0, 0.05) is 7.05 Å². The Balaban J connectivity index is 2.09. The zero-order valence-electron chi connectivity index (χ0n) is 9.26. The molecule has 0 radical (unpaired) electrons. The summed E-state index contributed by atoms with van der Waals surface area (Å²) in [4.78, 5) is 17.7. The summed E-state index contributed by atoms with van der Waals surface area (Å²) in [6.07, 6.45) is 1.59. The summed E-state index contributed by atoms with van der Waals surface area (Å²) in [7, 11) is 1.72. The molecule has 17 heavy (non-hydrogen) atoms. The Labute approximate surface area is 107 Å². The van der Waals surface area contributed by atoms with E-state index < -0.39 is 0 Å². The SMILES string of the molecule is CN(Cc1ccco1)C(=O)c1cccc(Br)n1. The van der Waals surface area contributed by atoms with E-state index in [-0.39, 0.29) is 5.91 Å². The van der Waals surface area contributed by atoms with Gasteiger partial charge in [-0.05, 0) is 40.2 Å². The number of halogens is 1. The first-order chi connectivity index (χ1) is 8.16. The molecule has 0 aliphatic rings. The first-order valence-corrected chi connectivity index (χ1v) is 5.86. The summed E-state index contributed by atoms with van der Waals surface area (Å²) in [6.45, 7) is 0.431. The normalized spacial score (nSPS) is 10.2. The molecule has 0 fully saturated rings. The molecule has 0 aromatic carbocycles. The fourth-order valence-corrected chi connectivity index (χ4v) is 1.77. The lowest BCUT2D eigenvalue weighted by Crippen LogP contribution is -2.26. The number of carbonyl (C=O) groups is 1. The van der Waals surface area contributed by atoms with Crippen LogP contribution in [0.15, 0.2) is 45.6 Å². The van der Waals surface area contributed by atoms with E-state index >= 15 is 0 Å². The summed E-state index contributed by atoms with van der Waals surface area (Å²) in [5, 5.41) is 0. The molecule has 0 N–H and O–H groups in total. The second-order valence-electron chi connectivity index (χ2n) is 3.59. The van der Waals surface area contributed by atoms with E-state index in [0.717, 1.165) is 5.76 Å². The Morgan fingerprint density at radius 2 is 2.24 bits per heavy atom. The van der Waals surface area contributed by atoms with Crippen LogP contribution in [0.1, 0.15) is 16.2 Å². The van der Waals surface area contributed by atoms with E-state index in [1.807, 2.05) is 6.07 Å². The molecule has 0 unspecified atom stereocenters. The summed E-state index contributed by atoms with van der Waals surface area (Å²) < 4.78 is 5.84. The second-order valence-corrected chi connectivity index (χ2v) is 4.40. The van der Waals surface area contributed by atoms with Gasteiger partial charge in [-0.25, -0.2) is 4.98 Å². The van der Waals surface area contributed by atoms with E-state index in [2.05, 4.69) is 20.9 Å². The first-order valence-electron chi connectivity index (χ1n) is 5.07. The van der Waals surface area contributed by atoms with Gasteiger partial charge in [-0.15, -0.1) is 0 Å². The maximum Gasteiger partial charge on any atom is 0.272 e. The van der Waals surface area contributed by atoms with Gasteiger partial charge in [0.15, 0.2) is 0 Å². The number of hydrogen-bond donors (Lipinski definition) is 0. The second kappa shape index (κ2) is 5.14. The van der Waals surface area contributed by atoms with Gasteiger partial charge in [0.2, 0.25) is 0 Å². The highest BCUT2D eigenvalue weighted by molar-refractivity contribution is 9.10. The number of carbonyl (C=O) groups excluding carboxylic acids is 1. The molecule has 88 valence electrons. The van der Waals surface area contributed by atoms with Crippen molar-refractivity contribution in [2.75, 3.05) is 7.05 Å². The van der Waals surface area contributed by atoms with Crippen molar-refractivity contribution >= 4 is 21.8 Å². The van der Waals surface area contributed by atoms with Crippen LogP contribution in [-0.4, -0.2) is 22.8 Å². The largest absolute Gasteiger partial charge is 0.467 e. The molecule has 0 bridgehead atoms. The van der Waals surface area contributed by atoms with Gasteiger partial charge in [0.25, 0.3) is 5.91 Å². The van der Waals surface area contributed by atoms with E-state index in [1.54, 1.807) is 42.5 Å². The highest BCUT2D eigenvalue weighted by Crippen LogP contribution is 2.10. The third kappa shape index (κ3) is 2.94. The number of nitrogens with zero attached hydrogens (tertiary/aromatic N) is 2. The Morgan fingerprint density at radius 3 is 2.88 bits per heavy atom. The van der Waals surface area contributed by atoms with Crippen molar-refractivity contribution in [2.24, 2.45) is 0 Å². The van der Waals surface area contributed by atoms with Gasteiger partial charge in [0.1, 0.15) is 16.1 Å². The van der Waals surface area contributed by atoms with Crippen LogP contribution < -0.4 is 0 Å². The smallest absolute Gasteiger partial charge is 0.272 e. The van der Waals surface area contributed by atoms with Crippen molar-refractivity contribution in [1.29, 1.82) is 0 Å². The molecule has 5 heteroatoms. The molecule has 0 aliphatic carbocycles. The van der Waals surface area contributed by atoms with Crippen molar-refractivity contribution in [2.45, 2.75) is 6.54 Å². The minimum Gasteiger partial charge on any atom is -0.467 e. The summed E-state index contributed by atoms with van der Waals surface area (Å²) >= 11 is 3.24. The molecule has 2 heterocycles. The number of pyridine rings is 1. The monoisotopic (exact) mass is 294 g/mol. The van der Waals surface area contributed by atoms with Crippen molar-refractivity contribution < 1.29 is 9.21 Å². The van der Waals surface area contributed by atoms with E-state index in [9.17, 15) is 4.79 Å². The zero-order chi connectivity index (χ0) is 12.3. The molecule has 0 spiro atoms. The lowest BCUT2D eigenvalue weighted by molar-refractivity contribution is 0.0769. The third-order valence-corrected chi connectivity index (χ3v) is 2.70. The molecule has 2 rings (SSSR count). The lowest BCUT2D eigenvalue weighted by atomic mass is 10.3. The van der Waals surface area contributed by atoms with E-state index in [0.29, 0.717) is 16.8 Å². The standard InChI is InChI=1S/C12H11BrN2O2/c1-15(8-9-4-3-7-17-9)12(16)10-5-2-6-11(13)14-10/h2-7H,8H2,1H3. The van der Waals surface area contributed by atoms with Crippen LogP contribution in [0.25, 0.3) is 0 Å². The van der Waals surface area contributed by atoms with Gasteiger partial charge < -0.3 is 9.32 Å². The maximum absolute atomic E-state index is 12.0. The molecule has 0 saturated carbocycles. The molecule has 1 amide bonds. The minimum atomic E-state index is -0.136. The topological polar surface area (TPSA) is 46.3 Å². The van der Waals surface area contributed by atoms with Crippen LogP contribution in [0.4, 0.5) is 0 Å². The van der Waals surface area contributed by atoms with Gasteiger partial charge in [-0.1, -0.05) is 6.07 Å². The molecule has 2 aromatic rings. The van der Waals surface area contributed by atoms with Crippen LogP contribution in [0.2, 0.25) is 0 Å². The highest BCUT2D eigenvalue weighted by Gasteiger charge is 2.14. The lowest BCUT2D eigenvalue weighted by Gasteiger charge is -2.15. The quantitative estimate of drug-likeness (QED) is 0.818. The van der Waals surface area contributed by atoms with Gasteiger partial charge in [0.05, 0.1) is 12.8 Å². The van der Waals surface area contributed by atoms with Crippen molar-refractivity contribution in [1.82, 2.24) is 9.88 Å². The van der Waals surface area contributed by atoms with Crippen molar-refractivity contribution in [3.8, 4) is 0 Å². The fourth-order valence-electron chi connectivity index (χ4n) is 1.43. The molecule has 2 aromatic heterocycles. The summed E-state index contributed by atoms with van der Waals surface area (Å²) in [5.41, 5.74) is 0.411. The van der Waals surface area contributed by atoms with Crippen LogP contribution in [0.5, 0.6) is 0 Å². The molecular weight excluding hydrogens is 284 g/mol. The molecular formula is C12H11BrN2O2. The van der Waals surface area contributed by atoms with Crippen LogP contribution in [0.3, 0.4) is 0 Å². The van der Waals surface area contributed by atoms with Crippen LogP contribution in [0, 0.1) is 0 Å². The number of aromatic nitrogens is 1. The third-order valence-electron chi connectivity index (χ3n) is 2.25. The van der Waals surface area contributed by atoms with Crippen LogP contribution in [-0.2, 0) is 6.54 Å². The average Bonchev–Trinajstić information content (AvgIpc) is 2.80. The number of amides is 1. The first kappa shape index (κ1) is 11.9. The van der Waals surface area contributed by atoms with Crippen LogP contribution >= 0.6 is 15.9 Å². The number of rotatable bonds is 3. The predicted molar refractivity (Wildman–Crippen MR) is 66.4 cm³/mol. The summed E-state index contributed by atoms with van der Waals surface area (Å²) in [6, 6.07) is 8.88. The summed E-state index contributed by atoms with van der Waals surface area (Å²) in [5.74, 6) is 0.610. The zero-order valence-corrected chi connectivity index (χ0v) is 10.8. The average molecular weight is 295 g/mol. The molecule has 0 saturated heterocycles. The molecule has 0 atom stereocenters. The Bertz CT molecular complexity index is 511. The van der Waals surface area contributed by atoms with Gasteiger partial charge in [-0.2, -0.15) is 0 Å². The van der Waals surface area contributed by atoms with E-state index in [1.165, 1.54) is 0 Å². The molecule has 0 aliphatic heterocycles. The van der Waals surface area contributed by atoms with Crippen molar-refractivity contribution in [3.05, 3.63) is 52.7 Å². The fraction of sp³-hybridized carbons (Fsp3) is 0.167. The van der Waals surface area contributed by atoms with Gasteiger partial charge in [-0.3, -0.25) is 4.79 Å². The minimum absolute atomic E-state index is 0.136. The Kier molecular flexibility index (Phi) is 3.58. The Morgan fingerprint density at radius 1 is 1.41 bits per heavy atom. The predicted octanol–water partition coefficient (Wildman–Crippen LogP) is 2.71.